The maximum Gasteiger partial charge on any atom is 0.329 e. The molecule has 3 rings (SSSR count). The summed E-state index contributed by atoms with van der Waals surface area (Å²) in [6.45, 7) is 0.194. The summed E-state index contributed by atoms with van der Waals surface area (Å²) in [6, 6.07) is 10.9. The van der Waals surface area contributed by atoms with Crippen LogP contribution in [0.2, 0.25) is 0 Å². The summed E-state index contributed by atoms with van der Waals surface area (Å²) >= 11 is 0. The molecule has 0 aliphatic heterocycles. The fourth-order valence-electron chi connectivity index (χ4n) is 3.15. The van der Waals surface area contributed by atoms with Gasteiger partial charge in [0.1, 0.15) is 6.54 Å². The minimum absolute atomic E-state index is 0.0649. The lowest BCUT2D eigenvalue weighted by atomic mass is 10.1. The van der Waals surface area contributed by atoms with Crippen molar-refractivity contribution in [2.75, 3.05) is 21.3 Å². The van der Waals surface area contributed by atoms with Crippen molar-refractivity contribution in [3.05, 3.63) is 52.4 Å². The molecule has 0 saturated carbocycles. The summed E-state index contributed by atoms with van der Waals surface area (Å²) in [6.07, 6.45) is 0. The number of amides is 1. The zero-order valence-electron chi connectivity index (χ0n) is 16.3. The van der Waals surface area contributed by atoms with Gasteiger partial charge in [0.25, 0.3) is 0 Å². The third-order valence-electron chi connectivity index (χ3n) is 4.57. The lowest BCUT2D eigenvalue weighted by Gasteiger charge is -2.14. The second-order valence-electron chi connectivity index (χ2n) is 6.23. The monoisotopic (exact) mass is 385 g/mol. The van der Waals surface area contributed by atoms with Crippen LogP contribution in [-0.2, 0) is 24.9 Å². The minimum atomic E-state index is -0.271. The van der Waals surface area contributed by atoms with Crippen LogP contribution in [-0.4, -0.2) is 36.4 Å². The highest BCUT2D eigenvalue weighted by molar-refractivity contribution is 5.80. The summed E-state index contributed by atoms with van der Waals surface area (Å²) in [5.74, 6) is 1.24. The van der Waals surface area contributed by atoms with Crippen LogP contribution < -0.4 is 25.2 Å². The molecule has 1 amide bonds. The molecule has 0 fully saturated rings. The average Bonchev–Trinajstić information content (AvgIpc) is 2.96. The molecule has 1 aromatic heterocycles. The van der Waals surface area contributed by atoms with Gasteiger partial charge in [-0.2, -0.15) is 0 Å². The molecule has 148 valence electrons. The zero-order valence-corrected chi connectivity index (χ0v) is 16.3. The standard InChI is InChI=1S/C20H23N3O5/c1-22-14-7-5-6-8-15(14)23(20(22)25)12-18(24)21-11-13-9-16(26-2)19(28-4)17(10-13)27-3/h5-10H,11-12H2,1-4H3,(H,21,24). The van der Waals surface area contributed by atoms with Crippen molar-refractivity contribution in [3.8, 4) is 17.2 Å². The van der Waals surface area contributed by atoms with Crippen LogP contribution in [0, 0.1) is 0 Å². The van der Waals surface area contributed by atoms with Gasteiger partial charge in [-0.1, -0.05) is 12.1 Å². The van der Waals surface area contributed by atoms with Crippen LogP contribution in [0.25, 0.3) is 11.0 Å². The number of imidazole rings is 1. The minimum Gasteiger partial charge on any atom is -0.493 e. The van der Waals surface area contributed by atoms with Gasteiger partial charge < -0.3 is 19.5 Å². The Morgan fingerprint density at radius 1 is 1.00 bits per heavy atom. The van der Waals surface area contributed by atoms with Crippen LogP contribution >= 0.6 is 0 Å². The number of ether oxygens (including phenoxy) is 3. The SMILES string of the molecule is COc1cc(CNC(=O)Cn2c(=O)n(C)c3ccccc32)cc(OC)c1OC. The van der Waals surface area contributed by atoms with E-state index >= 15 is 0 Å². The number of hydrogen-bond donors (Lipinski definition) is 1. The number of hydrogen-bond acceptors (Lipinski definition) is 5. The van der Waals surface area contributed by atoms with E-state index in [0.717, 1.165) is 16.6 Å². The number of nitrogens with one attached hydrogen (secondary N) is 1. The van der Waals surface area contributed by atoms with Crippen LogP contribution in [0.5, 0.6) is 17.2 Å². The van der Waals surface area contributed by atoms with Crippen LogP contribution in [0.1, 0.15) is 5.56 Å². The highest BCUT2D eigenvalue weighted by Gasteiger charge is 2.15. The summed E-state index contributed by atoms with van der Waals surface area (Å²) in [5, 5.41) is 2.83. The van der Waals surface area contributed by atoms with Crippen LogP contribution in [0.15, 0.2) is 41.2 Å². The highest BCUT2D eigenvalue weighted by Crippen LogP contribution is 2.38. The van der Waals surface area contributed by atoms with Crippen molar-refractivity contribution in [1.29, 1.82) is 0 Å². The fourth-order valence-corrected chi connectivity index (χ4v) is 3.15. The predicted octanol–water partition coefficient (Wildman–Crippen LogP) is 1.68. The van der Waals surface area contributed by atoms with Crippen molar-refractivity contribution < 1.29 is 19.0 Å². The Kier molecular flexibility index (Phi) is 5.58. The lowest BCUT2D eigenvalue weighted by molar-refractivity contribution is -0.121. The normalized spacial score (nSPS) is 10.7. The van der Waals surface area contributed by atoms with Gasteiger partial charge in [-0.05, 0) is 29.8 Å². The molecular weight excluding hydrogens is 362 g/mol. The van der Waals surface area contributed by atoms with E-state index in [-0.39, 0.29) is 24.7 Å². The van der Waals surface area contributed by atoms with E-state index in [4.69, 9.17) is 14.2 Å². The Labute approximate surface area is 162 Å². The third-order valence-corrected chi connectivity index (χ3v) is 4.57. The van der Waals surface area contributed by atoms with Gasteiger partial charge in [0.15, 0.2) is 11.5 Å². The molecule has 0 bridgehead atoms. The molecule has 0 radical (unpaired) electrons. The number of para-hydroxylation sites is 2. The fraction of sp³-hybridized carbons (Fsp3) is 0.300. The molecule has 0 saturated heterocycles. The maximum absolute atomic E-state index is 12.5. The van der Waals surface area contributed by atoms with Crippen molar-refractivity contribution in [3.63, 3.8) is 0 Å². The predicted molar refractivity (Wildman–Crippen MR) is 105 cm³/mol. The van der Waals surface area contributed by atoms with Crippen molar-refractivity contribution in [2.45, 2.75) is 13.1 Å². The van der Waals surface area contributed by atoms with Crippen LogP contribution in [0.3, 0.4) is 0 Å². The second kappa shape index (κ2) is 8.08. The molecule has 3 aromatic rings. The zero-order chi connectivity index (χ0) is 20.3. The van der Waals surface area contributed by atoms with E-state index in [0.29, 0.717) is 17.2 Å². The number of nitrogens with zero attached hydrogens (tertiary/aromatic N) is 2. The Bertz CT molecular complexity index is 1040. The van der Waals surface area contributed by atoms with E-state index in [9.17, 15) is 9.59 Å². The van der Waals surface area contributed by atoms with Gasteiger partial charge in [-0.15, -0.1) is 0 Å². The molecule has 0 unspecified atom stereocenters. The second-order valence-corrected chi connectivity index (χ2v) is 6.23. The Hall–Kier alpha value is -3.42. The van der Waals surface area contributed by atoms with Gasteiger partial charge in [0.05, 0.1) is 32.4 Å². The van der Waals surface area contributed by atoms with E-state index in [1.165, 1.54) is 30.5 Å². The van der Waals surface area contributed by atoms with Crippen molar-refractivity contribution in [1.82, 2.24) is 14.5 Å². The first-order valence-electron chi connectivity index (χ1n) is 8.70. The van der Waals surface area contributed by atoms with E-state index < -0.39 is 0 Å². The van der Waals surface area contributed by atoms with Gasteiger partial charge in [0, 0.05) is 13.6 Å². The molecule has 1 N–H and O–H groups in total. The van der Waals surface area contributed by atoms with E-state index in [1.807, 2.05) is 24.3 Å². The molecular formula is C20H23N3O5. The number of rotatable bonds is 7. The third kappa shape index (κ3) is 3.53. The molecule has 1 heterocycles. The Balaban J connectivity index is 1.77. The smallest absolute Gasteiger partial charge is 0.329 e. The lowest BCUT2D eigenvalue weighted by Crippen LogP contribution is -2.32. The molecule has 8 heteroatoms. The van der Waals surface area contributed by atoms with Crippen molar-refractivity contribution >= 4 is 16.9 Å². The number of aromatic nitrogens is 2. The van der Waals surface area contributed by atoms with E-state index in [1.54, 1.807) is 19.2 Å². The molecule has 0 aliphatic carbocycles. The number of fused-ring (bicyclic) bond motifs is 1. The Morgan fingerprint density at radius 2 is 1.61 bits per heavy atom. The molecule has 0 aliphatic rings. The Morgan fingerprint density at radius 3 is 2.18 bits per heavy atom. The largest absolute Gasteiger partial charge is 0.493 e. The summed E-state index contributed by atoms with van der Waals surface area (Å²) in [7, 11) is 6.29. The van der Waals surface area contributed by atoms with Gasteiger partial charge in [0.2, 0.25) is 11.7 Å². The number of aryl methyl sites for hydroxylation is 1. The van der Waals surface area contributed by atoms with Gasteiger partial charge >= 0.3 is 5.69 Å². The topological polar surface area (TPSA) is 83.7 Å². The molecule has 8 nitrogen and oxygen atoms in total. The summed E-state index contributed by atoms with van der Waals surface area (Å²) in [5.41, 5.74) is 2.06. The number of carbonyl (C=O) groups excluding carboxylic acids is 1. The number of benzene rings is 2. The summed E-state index contributed by atoms with van der Waals surface area (Å²) in [4.78, 5) is 24.9. The number of carbonyl (C=O) groups is 1. The first-order chi connectivity index (χ1) is 13.5. The number of methoxy groups -OCH3 is 3. The van der Waals surface area contributed by atoms with Crippen molar-refractivity contribution in [2.24, 2.45) is 7.05 Å². The molecule has 0 atom stereocenters. The van der Waals surface area contributed by atoms with E-state index in [2.05, 4.69) is 5.32 Å². The molecule has 2 aromatic carbocycles. The van der Waals surface area contributed by atoms with Gasteiger partial charge in [-0.25, -0.2) is 4.79 Å². The molecule has 28 heavy (non-hydrogen) atoms. The first-order valence-corrected chi connectivity index (χ1v) is 8.70. The quantitative estimate of drug-likeness (QED) is 0.669. The summed E-state index contributed by atoms with van der Waals surface area (Å²) < 4.78 is 18.9. The van der Waals surface area contributed by atoms with Gasteiger partial charge in [-0.3, -0.25) is 13.9 Å². The molecule has 0 spiro atoms. The first kappa shape index (κ1) is 19.3. The van der Waals surface area contributed by atoms with Crippen LogP contribution in [0.4, 0.5) is 0 Å². The maximum atomic E-state index is 12.5. The average molecular weight is 385 g/mol. The highest BCUT2D eigenvalue weighted by atomic mass is 16.5.